The molecular formula is C9H20N4O4. The van der Waals surface area contributed by atoms with Crippen molar-refractivity contribution in [3.8, 4) is 0 Å². The molecule has 0 bridgehead atoms. The van der Waals surface area contributed by atoms with E-state index in [1.54, 1.807) is 0 Å². The van der Waals surface area contributed by atoms with Crippen LogP contribution in [0.25, 0.3) is 0 Å². The largest absolute Gasteiger partial charge is 0.391 e. The third-order valence-electron chi connectivity index (χ3n) is 2.08. The van der Waals surface area contributed by atoms with Crippen molar-refractivity contribution in [1.29, 1.82) is 0 Å². The molecule has 0 aromatic heterocycles. The Kier molecular flexibility index (Phi) is 8.24. The molecule has 1 atom stereocenters. The average Bonchev–Trinajstić information content (AvgIpc) is 2.34. The zero-order valence-electron chi connectivity index (χ0n) is 9.81. The van der Waals surface area contributed by atoms with Crippen molar-refractivity contribution in [1.82, 2.24) is 10.9 Å². The summed E-state index contributed by atoms with van der Waals surface area (Å²) in [5, 5.41) is 9.57. The van der Waals surface area contributed by atoms with Gasteiger partial charge in [0, 0.05) is 6.61 Å². The highest BCUT2D eigenvalue weighted by Gasteiger charge is 2.28. The predicted molar refractivity (Wildman–Crippen MR) is 59.9 cm³/mol. The van der Waals surface area contributed by atoms with Gasteiger partial charge in [-0.05, 0) is 12.8 Å². The van der Waals surface area contributed by atoms with E-state index in [1.165, 1.54) is 0 Å². The Morgan fingerprint density at radius 1 is 1.29 bits per heavy atom. The minimum atomic E-state index is -1.13. The summed E-state index contributed by atoms with van der Waals surface area (Å²) in [7, 11) is 0. The molecule has 0 aliphatic carbocycles. The molecule has 0 spiro atoms. The first-order valence-corrected chi connectivity index (χ1v) is 5.33. The fourth-order valence-electron chi connectivity index (χ4n) is 1.24. The van der Waals surface area contributed by atoms with E-state index in [0.717, 1.165) is 6.42 Å². The van der Waals surface area contributed by atoms with Crippen molar-refractivity contribution < 1.29 is 19.4 Å². The molecule has 100 valence electrons. The van der Waals surface area contributed by atoms with E-state index in [4.69, 9.17) is 16.4 Å². The Hall–Kier alpha value is -1.22. The maximum Gasteiger partial charge on any atom is 0.246 e. The van der Waals surface area contributed by atoms with Gasteiger partial charge in [-0.3, -0.25) is 20.4 Å². The van der Waals surface area contributed by atoms with Crippen LogP contribution in [0.3, 0.4) is 0 Å². The molecule has 0 aliphatic heterocycles. The Morgan fingerprint density at radius 2 is 1.82 bits per heavy atom. The lowest BCUT2D eigenvalue weighted by Gasteiger charge is -2.17. The van der Waals surface area contributed by atoms with Crippen molar-refractivity contribution in [2.75, 3.05) is 13.2 Å². The van der Waals surface area contributed by atoms with Gasteiger partial charge in [-0.2, -0.15) is 0 Å². The zero-order valence-corrected chi connectivity index (χ0v) is 9.81. The molecule has 8 nitrogen and oxygen atoms in total. The van der Waals surface area contributed by atoms with Crippen LogP contribution in [0.2, 0.25) is 0 Å². The molecule has 0 radical (unpaired) electrons. The zero-order chi connectivity index (χ0) is 13.3. The summed E-state index contributed by atoms with van der Waals surface area (Å²) in [4.78, 5) is 22.5. The summed E-state index contributed by atoms with van der Waals surface area (Å²) in [6.45, 7) is 2.49. The van der Waals surface area contributed by atoms with E-state index in [9.17, 15) is 14.7 Å². The molecule has 0 unspecified atom stereocenters. The highest BCUT2D eigenvalue weighted by Crippen LogP contribution is 2.08. The second-order valence-electron chi connectivity index (χ2n) is 3.53. The molecule has 0 heterocycles. The first-order valence-electron chi connectivity index (χ1n) is 5.33. The van der Waals surface area contributed by atoms with Crippen LogP contribution in [0.4, 0.5) is 0 Å². The van der Waals surface area contributed by atoms with Crippen LogP contribution in [-0.2, 0) is 14.3 Å². The van der Waals surface area contributed by atoms with Gasteiger partial charge in [0.2, 0.25) is 11.8 Å². The highest BCUT2D eigenvalue weighted by molar-refractivity contribution is 5.99. The van der Waals surface area contributed by atoms with Gasteiger partial charge in [0.25, 0.3) is 0 Å². The summed E-state index contributed by atoms with van der Waals surface area (Å²) in [6.07, 6.45) is -0.209. The lowest BCUT2D eigenvalue weighted by molar-refractivity contribution is -0.137. The first kappa shape index (κ1) is 15.8. The highest BCUT2D eigenvalue weighted by atomic mass is 16.5. The van der Waals surface area contributed by atoms with Gasteiger partial charge < -0.3 is 9.84 Å². The van der Waals surface area contributed by atoms with Crippen LogP contribution >= 0.6 is 0 Å². The summed E-state index contributed by atoms with van der Waals surface area (Å²) < 4.78 is 5.10. The number of aliphatic hydroxyl groups is 1. The number of ether oxygens (including phenoxy) is 1. The SMILES string of the molecule is CCCOC[C@@H](O)CC(C(=O)NN)C(=O)NN. The number of carbonyl (C=O) groups is 2. The molecular weight excluding hydrogens is 228 g/mol. The summed E-state index contributed by atoms with van der Waals surface area (Å²) in [5.74, 6) is 7.31. The molecule has 8 heteroatoms. The number of carbonyl (C=O) groups excluding carboxylic acids is 2. The molecule has 0 rings (SSSR count). The number of amides is 2. The maximum atomic E-state index is 11.3. The molecule has 7 N–H and O–H groups in total. The number of hydrazine groups is 2. The van der Waals surface area contributed by atoms with E-state index < -0.39 is 23.8 Å². The number of hydrogen-bond donors (Lipinski definition) is 5. The lowest BCUT2D eigenvalue weighted by atomic mass is 10.0. The van der Waals surface area contributed by atoms with Gasteiger partial charge in [0.05, 0.1) is 12.7 Å². The van der Waals surface area contributed by atoms with Crippen molar-refractivity contribution in [2.45, 2.75) is 25.9 Å². The lowest BCUT2D eigenvalue weighted by Crippen LogP contribution is -2.47. The monoisotopic (exact) mass is 248 g/mol. The van der Waals surface area contributed by atoms with Crippen molar-refractivity contribution >= 4 is 11.8 Å². The first-order chi connectivity index (χ1) is 8.06. The van der Waals surface area contributed by atoms with Crippen LogP contribution in [0.15, 0.2) is 0 Å². The third-order valence-corrected chi connectivity index (χ3v) is 2.08. The van der Waals surface area contributed by atoms with Gasteiger partial charge in [-0.15, -0.1) is 0 Å². The van der Waals surface area contributed by atoms with Crippen molar-refractivity contribution in [3.63, 3.8) is 0 Å². The van der Waals surface area contributed by atoms with E-state index in [0.29, 0.717) is 6.61 Å². The average molecular weight is 248 g/mol. The van der Waals surface area contributed by atoms with Crippen LogP contribution in [-0.4, -0.2) is 36.2 Å². The number of hydrogen-bond acceptors (Lipinski definition) is 6. The Labute approximate surface area is 99.6 Å². The molecule has 0 aromatic carbocycles. The van der Waals surface area contributed by atoms with E-state index >= 15 is 0 Å². The van der Waals surface area contributed by atoms with Crippen LogP contribution in [0.5, 0.6) is 0 Å². The predicted octanol–water partition coefficient (Wildman–Crippen LogP) is -2.24. The molecule has 17 heavy (non-hydrogen) atoms. The summed E-state index contributed by atoms with van der Waals surface area (Å²) in [5.41, 5.74) is 3.69. The fraction of sp³-hybridized carbons (Fsp3) is 0.778. The number of nitrogens with two attached hydrogens (primary N) is 2. The fourth-order valence-corrected chi connectivity index (χ4v) is 1.24. The quantitative estimate of drug-likeness (QED) is 0.108. The standard InChI is InChI=1S/C9H20N4O4/c1-2-3-17-5-6(14)4-7(8(15)12-10)9(16)13-11/h6-7,14H,2-5,10-11H2,1H3,(H,12,15)(H,13,16)/t6-/m0/s1. The van der Waals surface area contributed by atoms with Gasteiger partial charge in [0.1, 0.15) is 5.92 Å². The van der Waals surface area contributed by atoms with Crippen LogP contribution in [0.1, 0.15) is 19.8 Å². The van der Waals surface area contributed by atoms with Gasteiger partial charge in [-0.1, -0.05) is 6.92 Å². The van der Waals surface area contributed by atoms with Crippen LogP contribution in [0, 0.1) is 5.92 Å². The Morgan fingerprint density at radius 3 is 2.24 bits per heavy atom. The number of rotatable bonds is 8. The Bertz CT molecular complexity index is 233. The molecule has 0 fully saturated rings. The second-order valence-corrected chi connectivity index (χ2v) is 3.53. The van der Waals surface area contributed by atoms with Gasteiger partial charge >= 0.3 is 0 Å². The number of nitrogens with one attached hydrogen (secondary N) is 2. The van der Waals surface area contributed by atoms with Crippen LogP contribution < -0.4 is 22.5 Å². The summed E-state index contributed by atoms with van der Waals surface area (Å²) in [6, 6.07) is 0. The molecule has 2 amide bonds. The molecule has 0 aliphatic rings. The molecule has 0 saturated carbocycles. The molecule has 0 saturated heterocycles. The summed E-state index contributed by atoms with van der Waals surface area (Å²) >= 11 is 0. The normalized spacial score (nSPS) is 12.3. The number of aliphatic hydroxyl groups excluding tert-OH is 1. The van der Waals surface area contributed by atoms with Crippen molar-refractivity contribution in [2.24, 2.45) is 17.6 Å². The Balaban J connectivity index is 4.23. The minimum Gasteiger partial charge on any atom is -0.391 e. The van der Waals surface area contributed by atoms with Crippen molar-refractivity contribution in [3.05, 3.63) is 0 Å². The topological polar surface area (TPSA) is 140 Å². The van der Waals surface area contributed by atoms with E-state index in [1.807, 2.05) is 17.8 Å². The van der Waals surface area contributed by atoms with Gasteiger partial charge in [0.15, 0.2) is 0 Å². The van der Waals surface area contributed by atoms with Gasteiger partial charge in [-0.25, -0.2) is 11.7 Å². The van der Waals surface area contributed by atoms with E-state index in [-0.39, 0.29) is 13.0 Å². The minimum absolute atomic E-state index is 0.0556. The molecule has 0 aromatic rings. The second kappa shape index (κ2) is 8.88. The smallest absolute Gasteiger partial charge is 0.246 e. The third kappa shape index (κ3) is 6.17. The maximum absolute atomic E-state index is 11.3. The van der Waals surface area contributed by atoms with E-state index in [2.05, 4.69) is 0 Å².